The Hall–Kier alpha value is -4.60. The summed E-state index contributed by atoms with van der Waals surface area (Å²) in [4.78, 5) is 43.4. The van der Waals surface area contributed by atoms with Gasteiger partial charge in [0.1, 0.15) is 11.6 Å². The molecule has 4 aromatic rings. The quantitative estimate of drug-likeness (QED) is 0.417. The molecule has 0 fully saturated rings. The second-order valence-corrected chi connectivity index (χ2v) is 7.55. The van der Waals surface area contributed by atoms with Crippen LogP contribution < -0.4 is 21.3 Å². The lowest BCUT2D eigenvalue weighted by Gasteiger charge is -2.13. The van der Waals surface area contributed by atoms with Crippen molar-refractivity contribution >= 4 is 5.91 Å². The first-order chi connectivity index (χ1) is 17.0. The summed E-state index contributed by atoms with van der Waals surface area (Å²) in [5.74, 6) is -0.780. The molecule has 2 heterocycles. The molecular weight excluding hydrogens is 453 g/mol. The topological polar surface area (TPSA) is 108 Å². The van der Waals surface area contributed by atoms with E-state index in [4.69, 9.17) is 4.74 Å². The number of nitrogens with zero attached hydrogens (tertiary/aromatic N) is 4. The van der Waals surface area contributed by atoms with Crippen LogP contribution in [0.1, 0.15) is 21.7 Å². The largest absolute Gasteiger partial charge is 0.497 e. The van der Waals surface area contributed by atoms with Crippen molar-refractivity contribution in [3.8, 4) is 11.4 Å². The van der Waals surface area contributed by atoms with Crippen LogP contribution in [0.15, 0.2) is 82.5 Å². The van der Waals surface area contributed by atoms with Crippen LogP contribution in [0.5, 0.6) is 5.75 Å². The van der Waals surface area contributed by atoms with E-state index in [0.717, 1.165) is 14.9 Å². The monoisotopic (exact) mass is 475 g/mol. The molecule has 0 aliphatic rings. The molecule has 0 bridgehead atoms. The number of methoxy groups -OCH3 is 1. The average molecular weight is 475 g/mol. The molecule has 2 aromatic heterocycles. The zero-order chi connectivity index (χ0) is 24.8. The molecule has 0 unspecified atom stereocenters. The van der Waals surface area contributed by atoms with Crippen molar-refractivity contribution in [1.82, 2.24) is 24.6 Å². The molecule has 0 saturated carbocycles. The number of amides is 1. The van der Waals surface area contributed by atoms with Crippen LogP contribution in [0.25, 0.3) is 5.69 Å². The Morgan fingerprint density at radius 3 is 2.46 bits per heavy atom. The van der Waals surface area contributed by atoms with Crippen molar-refractivity contribution in [1.29, 1.82) is 0 Å². The van der Waals surface area contributed by atoms with Gasteiger partial charge in [0, 0.05) is 30.4 Å². The first kappa shape index (κ1) is 23.6. The van der Waals surface area contributed by atoms with Gasteiger partial charge in [-0.15, -0.1) is 0 Å². The molecule has 0 aliphatic carbocycles. The number of halogens is 1. The van der Waals surface area contributed by atoms with E-state index in [1.807, 2.05) is 12.1 Å². The average Bonchev–Trinajstić information content (AvgIpc) is 2.88. The van der Waals surface area contributed by atoms with E-state index >= 15 is 0 Å². The highest BCUT2D eigenvalue weighted by atomic mass is 19.1. The number of aromatic nitrogens is 4. The van der Waals surface area contributed by atoms with E-state index in [9.17, 15) is 18.8 Å². The van der Waals surface area contributed by atoms with Crippen LogP contribution in [0.2, 0.25) is 0 Å². The highest BCUT2D eigenvalue weighted by molar-refractivity contribution is 5.91. The fraction of sp³-hybridized carbons (Fsp3) is 0.160. The molecule has 35 heavy (non-hydrogen) atoms. The van der Waals surface area contributed by atoms with Crippen LogP contribution in [0, 0.1) is 5.82 Å². The molecule has 1 amide bonds. The van der Waals surface area contributed by atoms with Crippen LogP contribution in [-0.4, -0.2) is 38.9 Å². The second-order valence-electron chi connectivity index (χ2n) is 7.55. The zero-order valence-corrected chi connectivity index (χ0v) is 18.8. The number of hydrogen-bond donors (Lipinski definition) is 1. The van der Waals surface area contributed by atoms with Crippen molar-refractivity contribution < 1.29 is 13.9 Å². The van der Waals surface area contributed by atoms with E-state index in [1.165, 1.54) is 25.3 Å². The number of carbonyl (C=O) groups excluding carboxylic acids is 1. The number of hydrogen-bond acceptors (Lipinski definition) is 6. The van der Waals surface area contributed by atoms with Crippen LogP contribution >= 0.6 is 0 Å². The molecule has 0 spiro atoms. The number of carbonyl (C=O) groups is 1. The van der Waals surface area contributed by atoms with Gasteiger partial charge < -0.3 is 10.1 Å². The second kappa shape index (κ2) is 10.6. The van der Waals surface area contributed by atoms with Crippen molar-refractivity contribution in [2.24, 2.45) is 0 Å². The molecule has 178 valence electrons. The molecule has 0 aliphatic heterocycles. The molecule has 9 nitrogen and oxygen atoms in total. The third-order valence-corrected chi connectivity index (χ3v) is 5.27. The van der Waals surface area contributed by atoms with E-state index in [0.29, 0.717) is 17.9 Å². The summed E-state index contributed by atoms with van der Waals surface area (Å²) in [5, 5.41) is 6.70. The fourth-order valence-electron chi connectivity index (χ4n) is 3.42. The van der Waals surface area contributed by atoms with Gasteiger partial charge in [-0.3, -0.25) is 19.1 Å². The van der Waals surface area contributed by atoms with E-state index in [-0.39, 0.29) is 18.7 Å². The Bertz CT molecular complexity index is 1450. The number of pyridine rings is 1. The maximum atomic E-state index is 14.3. The first-order valence-corrected chi connectivity index (χ1v) is 10.8. The van der Waals surface area contributed by atoms with Crippen molar-refractivity contribution in [3.63, 3.8) is 0 Å². The van der Waals surface area contributed by atoms with Crippen molar-refractivity contribution in [3.05, 3.63) is 117 Å². The lowest BCUT2D eigenvalue weighted by molar-refractivity contribution is 0.0944. The van der Waals surface area contributed by atoms with Gasteiger partial charge in [0.05, 0.1) is 19.3 Å². The smallest absolute Gasteiger partial charge is 0.352 e. The molecular formula is C25H22FN5O4. The van der Waals surface area contributed by atoms with Gasteiger partial charge in [-0.1, -0.05) is 24.3 Å². The predicted octanol–water partition coefficient (Wildman–Crippen LogP) is 1.96. The van der Waals surface area contributed by atoms with Gasteiger partial charge in [-0.2, -0.15) is 9.78 Å². The fourth-order valence-corrected chi connectivity index (χ4v) is 3.42. The Morgan fingerprint density at radius 1 is 1.03 bits per heavy atom. The molecule has 0 atom stereocenters. The normalized spacial score (nSPS) is 10.7. The molecule has 4 rings (SSSR count). The molecule has 0 radical (unpaired) electrons. The third kappa shape index (κ3) is 5.32. The van der Waals surface area contributed by atoms with Gasteiger partial charge in [-0.05, 0) is 42.5 Å². The predicted molar refractivity (Wildman–Crippen MR) is 126 cm³/mol. The Labute approximate surface area is 199 Å². The summed E-state index contributed by atoms with van der Waals surface area (Å²) >= 11 is 0. The maximum absolute atomic E-state index is 14.3. The Balaban J connectivity index is 1.72. The number of rotatable bonds is 8. The molecule has 0 saturated heterocycles. The minimum atomic E-state index is -0.918. The maximum Gasteiger partial charge on any atom is 0.352 e. The van der Waals surface area contributed by atoms with Crippen LogP contribution in [0.4, 0.5) is 4.39 Å². The Kier molecular flexibility index (Phi) is 7.10. The minimum absolute atomic E-state index is 0.126. The summed E-state index contributed by atoms with van der Waals surface area (Å²) in [5.41, 5.74) is -1.02. The number of ether oxygens (including phenoxy) is 1. The summed E-state index contributed by atoms with van der Waals surface area (Å²) in [6.45, 7) is -0.164. The SMILES string of the molecule is COc1ccc(-n2nc(C(=O)NCCc3ccccn3)c(=O)n(Cc3ccccc3F)c2=O)cc1. The van der Waals surface area contributed by atoms with E-state index in [1.54, 1.807) is 42.6 Å². The highest BCUT2D eigenvalue weighted by Crippen LogP contribution is 2.13. The lowest BCUT2D eigenvalue weighted by Crippen LogP contribution is -2.46. The third-order valence-electron chi connectivity index (χ3n) is 5.27. The van der Waals surface area contributed by atoms with Crippen molar-refractivity contribution in [2.45, 2.75) is 13.0 Å². The summed E-state index contributed by atoms with van der Waals surface area (Å²) in [6, 6.07) is 17.6. The number of benzene rings is 2. The van der Waals surface area contributed by atoms with Gasteiger partial charge in [-0.25, -0.2) is 9.18 Å². The minimum Gasteiger partial charge on any atom is -0.497 e. The zero-order valence-electron chi connectivity index (χ0n) is 18.8. The van der Waals surface area contributed by atoms with E-state index < -0.39 is 28.7 Å². The van der Waals surface area contributed by atoms with E-state index in [2.05, 4.69) is 15.4 Å². The van der Waals surface area contributed by atoms with Gasteiger partial charge in [0.15, 0.2) is 0 Å². The van der Waals surface area contributed by atoms with Crippen LogP contribution in [-0.2, 0) is 13.0 Å². The molecule has 10 heteroatoms. The van der Waals surface area contributed by atoms with Crippen LogP contribution in [0.3, 0.4) is 0 Å². The molecule has 2 aromatic carbocycles. The summed E-state index contributed by atoms with van der Waals surface area (Å²) in [6.07, 6.45) is 2.08. The summed E-state index contributed by atoms with van der Waals surface area (Å²) < 4.78 is 21.2. The highest BCUT2D eigenvalue weighted by Gasteiger charge is 2.21. The van der Waals surface area contributed by atoms with Gasteiger partial charge in [0.25, 0.3) is 11.5 Å². The standard InChI is InChI=1S/C25H22FN5O4/c1-35-20-11-9-19(10-12-20)31-25(34)30(16-17-6-2-3-8-21(17)26)24(33)22(29-31)23(32)28-15-13-18-7-4-5-14-27-18/h2-12,14H,13,15-16H2,1H3,(H,28,32). The summed E-state index contributed by atoms with van der Waals surface area (Å²) in [7, 11) is 1.50. The molecule has 1 N–H and O–H groups in total. The van der Waals surface area contributed by atoms with Crippen molar-refractivity contribution in [2.75, 3.05) is 13.7 Å². The van der Waals surface area contributed by atoms with Gasteiger partial charge in [0.2, 0.25) is 5.69 Å². The van der Waals surface area contributed by atoms with Gasteiger partial charge >= 0.3 is 5.69 Å². The lowest BCUT2D eigenvalue weighted by atomic mass is 10.2. The Morgan fingerprint density at radius 2 is 1.77 bits per heavy atom. The first-order valence-electron chi connectivity index (χ1n) is 10.8. The number of nitrogens with one attached hydrogen (secondary N) is 1.